The number of carbonyl (C=O) groups is 1. The molecule has 0 aliphatic rings. The van der Waals surface area contributed by atoms with E-state index in [1.807, 2.05) is 37.5 Å². The molecule has 3 rings (SSSR count). The molecule has 136 valence electrons. The molecule has 0 unspecified atom stereocenters. The maximum atomic E-state index is 12.4. The molecule has 1 heterocycles. The molecule has 0 radical (unpaired) electrons. The molecule has 1 N–H and O–H groups in total. The zero-order chi connectivity index (χ0) is 18.5. The molecule has 0 atom stereocenters. The van der Waals surface area contributed by atoms with E-state index >= 15 is 0 Å². The lowest BCUT2D eigenvalue weighted by Gasteiger charge is -2.13. The van der Waals surface area contributed by atoms with E-state index in [0.717, 1.165) is 29.6 Å². The maximum Gasteiger partial charge on any atom is 0.251 e. The number of aryl methyl sites for hydroxylation is 1. The Morgan fingerprint density at radius 3 is 2.54 bits per heavy atom. The van der Waals surface area contributed by atoms with Crippen LogP contribution in [0.15, 0.2) is 42.7 Å². The molecule has 0 bridgehead atoms. The number of carbonyl (C=O) groups excluding carboxylic acids is 1. The van der Waals surface area contributed by atoms with E-state index in [2.05, 4.69) is 14.9 Å². The van der Waals surface area contributed by atoms with Crippen molar-refractivity contribution in [3.8, 4) is 11.5 Å². The number of hydrogen-bond donors (Lipinski definition) is 1. The first-order valence-corrected chi connectivity index (χ1v) is 8.54. The number of fused-ring (bicyclic) bond motifs is 1. The lowest BCUT2D eigenvalue weighted by atomic mass is 10.1. The number of amides is 1. The molecule has 0 aliphatic heterocycles. The molecular weight excluding hydrogens is 330 g/mol. The van der Waals surface area contributed by atoms with Gasteiger partial charge in [0.15, 0.2) is 0 Å². The quantitative estimate of drug-likeness (QED) is 0.663. The minimum atomic E-state index is -0.142. The predicted molar refractivity (Wildman–Crippen MR) is 101 cm³/mol. The first kappa shape index (κ1) is 17.8. The Morgan fingerprint density at radius 1 is 1.15 bits per heavy atom. The van der Waals surface area contributed by atoms with Gasteiger partial charge in [0.25, 0.3) is 5.91 Å². The van der Waals surface area contributed by atoms with E-state index < -0.39 is 0 Å². The largest absolute Gasteiger partial charge is 0.496 e. The lowest BCUT2D eigenvalue weighted by Crippen LogP contribution is -2.25. The van der Waals surface area contributed by atoms with E-state index in [4.69, 9.17) is 9.47 Å². The number of methoxy groups -OCH3 is 2. The Balaban J connectivity index is 1.59. The molecule has 6 heteroatoms. The SMILES string of the molecule is COc1cc(C(=O)NCCCn2cnc3ccccc32)cc(OC)c1C. The van der Waals surface area contributed by atoms with Crippen LogP contribution in [0.4, 0.5) is 0 Å². The average molecular weight is 353 g/mol. The third-order valence-electron chi connectivity index (χ3n) is 4.40. The summed E-state index contributed by atoms with van der Waals surface area (Å²) in [5.74, 6) is 1.14. The van der Waals surface area contributed by atoms with Gasteiger partial charge in [0.2, 0.25) is 0 Å². The van der Waals surface area contributed by atoms with E-state index in [0.29, 0.717) is 23.6 Å². The number of nitrogens with zero attached hydrogens (tertiary/aromatic N) is 2. The van der Waals surface area contributed by atoms with Crippen molar-refractivity contribution in [1.29, 1.82) is 0 Å². The van der Waals surface area contributed by atoms with Crippen LogP contribution in [-0.4, -0.2) is 36.2 Å². The summed E-state index contributed by atoms with van der Waals surface area (Å²) in [7, 11) is 3.16. The minimum absolute atomic E-state index is 0.142. The highest BCUT2D eigenvalue weighted by Crippen LogP contribution is 2.29. The summed E-state index contributed by atoms with van der Waals surface area (Å²) in [6, 6.07) is 11.5. The molecule has 1 aromatic heterocycles. The monoisotopic (exact) mass is 353 g/mol. The minimum Gasteiger partial charge on any atom is -0.496 e. The molecule has 3 aromatic rings. The second-order valence-corrected chi connectivity index (χ2v) is 6.04. The number of benzene rings is 2. The van der Waals surface area contributed by atoms with Crippen LogP contribution in [-0.2, 0) is 6.54 Å². The summed E-state index contributed by atoms with van der Waals surface area (Å²) < 4.78 is 12.7. The van der Waals surface area contributed by atoms with Crippen molar-refractivity contribution < 1.29 is 14.3 Å². The van der Waals surface area contributed by atoms with Crippen LogP contribution in [0, 0.1) is 6.92 Å². The molecule has 6 nitrogen and oxygen atoms in total. The van der Waals surface area contributed by atoms with Gasteiger partial charge in [-0.05, 0) is 37.6 Å². The van der Waals surface area contributed by atoms with Crippen molar-refractivity contribution in [2.45, 2.75) is 19.9 Å². The Kier molecular flexibility index (Phi) is 5.41. The van der Waals surface area contributed by atoms with Crippen molar-refractivity contribution in [1.82, 2.24) is 14.9 Å². The molecule has 0 saturated heterocycles. The highest BCUT2D eigenvalue weighted by molar-refractivity contribution is 5.95. The van der Waals surface area contributed by atoms with Crippen molar-refractivity contribution in [2.75, 3.05) is 20.8 Å². The van der Waals surface area contributed by atoms with Gasteiger partial charge >= 0.3 is 0 Å². The standard InChI is InChI=1S/C20H23N3O3/c1-14-18(25-2)11-15(12-19(14)26-3)20(24)21-9-6-10-23-13-22-16-7-4-5-8-17(16)23/h4-5,7-8,11-13H,6,9-10H2,1-3H3,(H,21,24). The zero-order valence-corrected chi connectivity index (χ0v) is 15.3. The summed E-state index contributed by atoms with van der Waals surface area (Å²) in [4.78, 5) is 16.8. The van der Waals surface area contributed by atoms with E-state index in [1.54, 1.807) is 26.4 Å². The van der Waals surface area contributed by atoms with Gasteiger partial charge in [-0.25, -0.2) is 4.98 Å². The zero-order valence-electron chi connectivity index (χ0n) is 15.3. The van der Waals surface area contributed by atoms with Gasteiger partial charge in [-0.2, -0.15) is 0 Å². The fourth-order valence-corrected chi connectivity index (χ4v) is 2.96. The number of hydrogen-bond acceptors (Lipinski definition) is 4. The highest BCUT2D eigenvalue weighted by atomic mass is 16.5. The fraction of sp³-hybridized carbons (Fsp3) is 0.300. The van der Waals surface area contributed by atoms with Gasteiger partial charge in [-0.1, -0.05) is 12.1 Å². The first-order valence-electron chi connectivity index (χ1n) is 8.54. The second kappa shape index (κ2) is 7.91. The van der Waals surface area contributed by atoms with Crippen LogP contribution in [0.1, 0.15) is 22.3 Å². The second-order valence-electron chi connectivity index (χ2n) is 6.04. The molecule has 0 spiro atoms. The van der Waals surface area contributed by atoms with Gasteiger partial charge in [-0.15, -0.1) is 0 Å². The first-order chi connectivity index (χ1) is 12.6. The van der Waals surface area contributed by atoms with Crippen LogP contribution in [0.5, 0.6) is 11.5 Å². The fourth-order valence-electron chi connectivity index (χ4n) is 2.96. The van der Waals surface area contributed by atoms with E-state index in [1.165, 1.54) is 0 Å². The molecule has 0 aliphatic carbocycles. The van der Waals surface area contributed by atoms with Gasteiger partial charge < -0.3 is 19.4 Å². The molecule has 2 aromatic carbocycles. The Bertz CT molecular complexity index is 893. The summed E-state index contributed by atoms with van der Waals surface area (Å²) in [5.41, 5.74) is 3.48. The normalized spacial score (nSPS) is 10.7. The molecule has 0 saturated carbocycles. The number of nitrogens with one attached hydrogen (secondary N) is 1. The van der Waals surface area contributed by atoms with Gasteiger partial charge in [-0.3, -0.25) is 4.79 Å². The smallest absolute Gasteiger partial charge is 0.251 e. The van der Waals surface area contributed by atoms with Crippen molar-refractivity contribution in [2.24, 2.45) is 0 Å². The summed E-state index contributed by atoms with van der Waals surface area (Å²) >= 11 is 0. The number of ether oxygens (including phenoxy) is 2. The third-order valence-corrected chi connectivity index (χ3v) is 4.40. The molecule has 1 amide bonds. The van der Waals surface area contributed by atoms with Crippen molar-refractivity contribution >= 4 is 16.9 Å². The predicted octanol–water partition coefficient (Wildman–Crippen LogP) is 3.18. The van der Waals surface area contributed by atoms with Gasteiger partial charge in [0, 0.05) is 24.2 Å². The highest BCUT2D eigenvalue weighted by Gasteiger charge is 2.13. The molecule has 0 fully saturated rings. The number of para-hydroxylation sites is 2. The van der Waals surface area contributed by atoms with Crippen LogP contribution in [0.25, 0.3) is 11.0 Å². The number of aromatic nitrogens is 2. The summed E-state index contributed by atoms with van der Waals surface area (Å²) in [5, 5.41) is 2.95. The van der Waals surface area contributed by atoms with Crippen molar-refractivity contribution in [3.05, 3.63) is 53.9 Å². The van der Waals surface area contributed by atoms with E-state index in [-0.39, 0.29) is 5.91 Å². The Labute approximate surface area is 152 Å². The van der Waals surface area contributed by atoms with Crippen LogP contribution < -0.4 is 14.8 Å². The van der Waals surface area contributed by atoms with Crippen LogP contribution in [0.3, 0.4) is 0 Å². The van der Waals surface area contributed by atoms with Gasteiger partial charge in [0.05, 0.1) is 31.6 Å². The van der Waals surface area contributed by atoms with Crippen LogP contribution >= 0.6 is 0 Å². The number of imidazole rings is 1. The molecule has 26 heavy (non-hydrogen) atoms. The summed E-state index contributed by atoms with van der Waals surface area (Å²) in [6.07, 6.45) is 2.65. The lowest BCUT2D eigenvalue weighted by molar-refractivity contribution is 0.0952. The van der Waals surface area contributed by atoms with Crippen molar-refractivity contribution in [3.63, 3.8) is 0 Å². The van der Waals surface area contributed by atoms with Gasteiger partial charge in [0.1, 0.15) is 11.5 Å². The summed E-state index contributed by atoms with van der Waals surface area (Å²) in [6.45, 7) is 3.26. The van der Waals surface area contributed by atoms with Crippen LogP contribution in [0.2, 0.25) is 0 Å². The third kappa shape index (κ3) is 3.64. The topological polar surface area (TPSA) is 65.4 Å². The Morgan fingerprint density at radius 2 is 1.85 bits per heavy atom. The average Bonchev–Trinajstić information content (AvgIpc) is 3.08. The Hall–Kier alpha value is -3.02. The maximum absolute atomic E-state index is 12.4. The molecular formula is C20H23N3O3. The van der Waals surface area contributed by atoms with E-state index in [9.17, 15) is 4.79 Å². The number of rotatable bonds is 7.